The van der Waals surface area contributed by atoms with E-state index in [0.29, 0.717) is 5.56 Å². The number of nitro benzene ring substituents is 1. The summed E-state index contributed by atoms with van der Waals surface area (Å²) in [5.41, 5.74) is 3.31. The van der Waals surface area contributed by atoms with Crippen LogP contribution in [0, 0.1) is 10.1 Å². The van der Waals surface area contributed by atoms with Crippen LogP contribution in [-0.2, 0) is 22.6 Å². The minimum Gasteiger partial charge on any atom is -0.461 e. The van der Waals surface area contributed by atoms with E-state index >= 15 is 0 Å². The van der Waals surface area contributed by atoms with Gasteiger partial charge in [-0.3, -0.25) is 14.9 Å². The Hall–Kier alpha value is -3.67. The lowest BCUT2D eigenvalue weighted by atomic mass is 10.1. The van der Waals surface area contributed by atoms with Crippen LogP contribution < -0.4 is 5.32 Å². The summed E-state index contributed by atoms with van der Waals surface area (Å²) in [4.78, 5) is 22.4. The molecule has 0 aliphatic heterocycles. The van der Waals surface area contributed by atoms with Crippen molar-refractivity contribution in [3.63, 3.8) is 0 Å². The Morgan fingerprint density at radius 3 is 2.30 bits per heavy atom. The van der Waals surface area contributed by atoms with E-state index in [0.717, 1.165) is 16.9 Å². The first kappa shape index (κ1) is 18.1. The number of rotatable bonds is 7. The van der Waals surface area contributed by atoms with E-state index in [1.165, 1.54) is 12.1 Å². The van der Waals surface area contributed by atoms with E-state index in [1.54, 1.807) is 12.1 Å². The zero-order valence-corrected chi connectivity index (χ0v) is 14.5. The smallest absolute Gasteiger partial charge is 0.310 e. The SMILES string of the molecule is O=C(Cc1ccccc1Nc1ccccc1)OCc1ccc([N+](=O)[O-])cc1. The van der Waals surface area contributed by atoms with Crippen molar-refractivity contribution in [2.75, 3.05) is 5.32 Å². The van der Waals surface area contributed by atoms with Gasteiger partial charge in [-0.1, -0.05) is 36.4 Å². The molecule has 0 amide bonds. The minimum absolute atomic E-state index is 0.00555. The Kier molecular flexibility index (Phi) is 5.79. The summed E-state index contributed by atoms with van der Waals surface area (Å²) in [6.07, 6.45) is 0.128. The molecule has 0 saturated carbocycles. The van der Waals surface area contributed by atoms with Crippen LogP contribution in [0.25, 0.3) is 0 Å². The maximum absolute atomic E-state index is 12.2. The first-order valence-electron chi connectivity index (χ1n) is 8.41. The van der Waals surface area contributed by atoms with Crippen molar-refractivity contribution in [3.8, 4) is 0 Å². The second kappa shape index (κ2) is 8.62. The summed E-state index contributed by atoms with van der Waals surface area (Å²) in [5.74, 6) is -0.365. The zero-order chi connectivity index (χ0) is 19.1. The molecule has 0 atom stereocenters. The van der Waals surface area contributed by atoms with Crippen LogP contribution in [0.3, 0.4) is 0 Å². The molecular weight excluding hydrogens is 344 g/mol. The molecule has 1 N–H and O–H groups in total. The van der Waals surface area contributed by atoms with Gasteiger partial charge in [-0.2, -0.15) is 0 Å². The number of nitrogens with zero attached hydrogens (tertiary/aromatic N) is 1. The fourth-order valence-corrected chi connectivity index (χ4v) is 2.56. The first-order valence-corrected chi connectivity index (χ1v) is 8.41. The van der Waals surface area contributed by atoms with Gasteiger partial charge in [-0.05, 0) is 41.5 Å². The maximum atomic E-state index is 12.2. The van der Waals surface area contributed by atoms with Gasteiger partial charge >= 0.3 is 5.97 Å². The molecule has 6 nitrogen and oxygen atoms in total. The monoisotopic (exact) mass is 362 g/mol. The van der Waals surface area contributed by atoms with Crippen LogP contribution in [0.2, 0.25) is 0 Å². The summed E-state index contributed by atoms with van der Waals surface area (Å²) in [5, 5.41) is 14.0. The molecule has 0 saturated heterocycles. The highest BCUT2D eigenvalue weighted by Crippen LogP contribution is 2.21. The Labute approximate surface area is 156 Å². The average Bonchev–Trinajstić information content (AvgIpc) is 2.69. The molecule has 6 heteroatoms. The summed E-state index contributed by atoms with van der Waals surface area (Å²) in [7, 11) is 0. The number of carbonyl (C=O) groups excluding carboxylic acids is 1. The first-order chi connectivity index (χ1) is 13.1. The Balaban J connectivity index is 1.60. The van der Waals surface area contributed by atoms with Crippen LogP contribution >= 0.6 is 0 Å². The van der Waals surface area contributed by atoms with Gasteiger partial charge in [0.1, 0.15) is 6.61 Å². The number of hydrogen-bond donors (Lipinski definition) is 1. The number of esters is 1. The summed E-state index contributed by atoms with van der Waals surface area (Å²) >= 11 is 0. The molecule has 0 heterocycles. The summed E-state index contributed by atoms with van der Waals surface area (Å²) in [6.45, 7) is 0.0745. The molecule has 27 heavy (non-hydrogen) atoms. The number of nitrogens with one attached hydrogen (secondary N) is 1. The van der Waals surface area contributed by atoms with E-state index in [4.69, 9.17) is 4.74 Å². The fraction of sp³-hybridized carbons (Fsp3) is 0.0952. The van der Waals surface area contributed by atoms with Crippen LogP contribution in [0.4, 0.5) is 17.1 Å². The molecule has 3 aromatic rings. The highest BCUT2D eigenvalue weighted by atomic mass is 16.6. The van der Waals surface area contributed by atoms with Crippen LogP contribution in [0.5, 0.6) is 0 Å². The van der Waals surface area contributed by atoms with Crippen LogP contribution in [0.1, 0.15) is 11.1 Å². The molecule has 136 valence electrons. The zero-order valence-electron chi connectivity index (χ0n) is 14.5. The molecule has 0 bridgehead atoms. The molecule has 3 aromatic carbocycles. The van der Waals surface area contributed by atoms with Gasteiger partial charge < -0.3 is 10.1 Å². The number of benzene rings is 3. The molecule has 0 aliphatic rings. The maximum Gasteiger partial charge on any atom is 0.310 e. The number of hydrogen-bond acceptors (Lipinski definition) is 5. The average molecular weight is 362 g/mol. The number of nitro groups is 1. The van der Waals surface area contributed by atoms with Gasteiger partial charge in [0, 0.05) is 23.5 Å². The third-order valence-corrected chi connectivity index (χ3v) is 3.95. The number of non-ortho nitro benzene ring substituents is 1. The molecule has 3 rings (SSSR count). The second-order valence-corrected chi connectivity index (χ2v) is 5.91. The van der Waals surface area contributed by atoms with Gasteiger partial charge in [0.25, 0.3) is 5.69 Å². The minimum atomic E-state index is -0.466. The topological polar surface area (TPSA) is 81.5 Å². The van der Waals surface area contributed by atoms with Gasteiger partial charge in [0.15, 0.2) is 0 Å². The van der Waals surface area contributed by atoms with E-state index < -0.39 is 4.92 Å². The van der Waals surface area contributed by atoms with Gasteiger partial charge in [-0.25, -0.2) is 0 Å². The summed E-state index contributed by atoms with van der Waals surface area (Å²) < 4.78 is 5.30. The third-order valence-electron chi connectivity index (χ3n) is 3.95. The van der Waals surface area contributed by atoms with Crippen molar-refractivity contribution in [1.29, 1.82) is 0 Å². The van der Waals surface area contributed by atoms with E-state index in [2.05, 4.69) is 5.32 Å². The normalized spacial score (nSPS) is 10.2. The summed E-state index contributed by atoms with van der Waals surface area (Å²) in [6, 6.07) is 23.2. The van der Waals surface area contributed by atoms with Crippen molar-refractivity contribution in [2.24, 2.45) is 0 Å². The van der Waals surface area contributed by atoms with Gasteiger partial charge in [-0.15, -0.1) is 0 Å². The third kappa shape index (κ3) is 5.15. The quantitative estimate of drug-likeness (QED) is 0.377. The molecule has 0 aromatic heterocycles. The second-order valence-electron chi connectivity index (χ2n) is 5.91. The Morgan fingerprint density at radius 1 is 0.926 bits per heavy atom. The number of carbonyl (C=O) groups is 1. The highest BCUT2D eigenvalue weighted by Gasteiger charge is 2.10. The number of anilines is 2. The van der Waals surface area contributed by atoms with Crippen LogP contribution in [-0.4, -0.2) is 10.9 Å². The van der Waals surface area contributed by atoms with Crippen molar-refractivity contribution < 1.29 is 14.5 Å². The number of para-hydroxylation sites is 2. The predicted molar refractivity (Wildman–Crippen MR) is 103 cm³/mol. The van der Waals surface area contributed by atoms with Crippen molar-refractivity contribution >= 4 is 23.0 Å². The van der Waals surface area contributed by atoms with Gasteiger partial charge in [0.05, 0.1) is 11.3 Å². The lowest BCUT2D eigenvalue weighted by Crippen LogP contribution is -2.09. The standard InChI is InChI=1S/C21H18N2O4/c24-21(27-15-16-10-12-19(13-11-16)23(25)26)14-17-6-4-5-9-20(17)22-18-7-2-1-3-8-18/h1-13,22H,14-15H2. The molecule has 0 aliphatic carbocycles. The van der Waals surface area contributed by atoms with Gasteiger partial charge in [0.2, 0.25) is 0 Å². The van der Waals surface area contributed by atoms with E-state index in [1.807, 2.05) is 54.6 Å². The predicted octanol–water partition coefficient (Wildman–Crippen LogP) is 4.62. The Morgan fingerprint density at radius 2 is 1.59 bits per heavy atom. The molecular formula is C21H18N2O4. The largest absolute Gasteiger partial charge is 0.461 e. The van der Waals surface area contributed by atoms with Crippen molar-refractivity contribution in [1.82, 2.24) is 0 Å². The lowest BCUT2D eigenvalue weighted by Gasteiger charge is -2.12. The Bertz CT molecular complexity index is 924. The molecule has 0 spiro atoms. The molecule has 0 radical (unpaired) electrons. The highest BCUT2D eigenvalue weighted by molar-refractivity contribution is 5.76. The van der Waals surface area contributed by atoms with Crippen molar-refractivity contribution in [3.05, 3.63) is 100 Å². The van der Waals surface area contributed by atoms with E-state index in [9.17, 15) is 14.9 Å². The number of ether oxygens (including phenoxy) is 1. The molecule has 0 unspecified atom stereocenters. The molecule has 0 fully saturated rings. The lowest BCUT2D eigenvalue weighted by molar-refractivity contribution is -0.384. The van der Waals surface area contributed by atoms with Crippen molar-refractivity contribution in [2.45, 2.75) is 13.0 Å². The van der Waals surface area contributed by atoms with E-state index in [-0.39, 0.29) is 24.7 Å². The fourth-order valence-electron chi connectivity index (χ4n) is 2.56. The van der Waals surface area contributed by atoms with Crippen LogP contribution in [0.15, 0.2) is 78.9 Å².